The van der Waals surface area contributed by atoms with Crippen molar-refractivity contribution in [1.82, 2.24) is 5.32 Å². The molecule has 0 amide bonds. The largest absolute Gasteiger partial charge is 0.497 e. The fraction of sp³-hybridized carbons (Fsp3) is 0.429. The Morgan fingerprint density at radius 1 is 0.920 bits per heavy atom. The molecular formula is C21H27NO3. The minimum atomic E-state index is -0.328. The maximum absolute atomic E-state index is 10.7. The van der Waals surface area contributed by atoms with Crippen LogP contribution in [0.3, 0.4) is 0 Å². The molecule has 0 aliphatic carbocycles. The summed E-state index contributed by atoms with van der Waals surface area (Å²) in [5, 5.41) is 14.5. The average molecular weight is 341 g/mol. The van der Waals surface area contributed by atoms with Gasteiger partial charge in [0.15, 0.2) is 0 Å². The molecular weight excluding hydrogens is 314 g/mol. The quantitative estimate of drug-likeness (QED) is 0.867. The van der Waals surface area contributed by atoms with Gasteiger partial charge in [-0.2, -0.15) is 0 Å². The number of methoxy groups -OCH3 is 2. The lowest BCUT2D eigenvalue weighted by Gasteiger charge is -2.41. The van der Waals surface area contributed by atoms with Gasteiger partial charge in [-0.25, -0.2) is 0 Å². The maximum Gasteiger partial charge on any atom is 0.118 e. The van der Waals surface area contributed by atoms with Crippen molar-refractivity contribution in [3.05, 3.63) is 59.7 Å². The molecule has 1 fully saturated rings. The van der Waals surface area contributed by atoms with Crippen LogP contribution in [0.25, 0.3) is 0 Å². The molecule has 2 aromatic carbocycles. The van der Waals surface area contributed by atoms with Gasteiger partial charge in [0.05, 0.1) is 20.3 Å². The Morgan fingerprint density at radius 2 is 1.44 bits per heavy atom. The van der Waals surface area contributed by atoms with E-state index in [2.05, 4.69) is 36.5 Å². The zero-order chi connectivity index (χ0) is 17.8. The highest BCUT2D eigenvalue weighted by Crippen LogP contribution is 2.39. The molecule has 0 radical (unpaired) electrons. The number of aliphatic hydroxyl groups is 1. The van der Waals surface area contributed by atoms with Crippen LogP contribution in [0.5, 0.6) is 11.5 Å². The van der Waals surface area contributed by atoms with Gasteiger partial charge in [0.25, 0.3) is 0 Å². The van der Waals surface area contributed by atoms with Crippen LogP contribution < -0.4 is 14.8 Å². The number of ether oxygens (including phenoxy) is 2. The van der Waals surface area contributed by atoms with Crippen LogP contribution in [0.1, 0.15) is 43.0 Å². The Labute approximate surface area is 149 Å². The maximum atomic E-state index is 10.7. The highest BCUT2D eigenvalue weighted by Gasteiger charge is 2.36. The third-order valence-electron chi connectivity index (χ3n) is 5.24. The van der Waals surface area contributed by atoms with Crippen LogP contribution in [0.4, 0.5) is 0 Å². The molecule has 0 bridgehead atoms. The molecule has 3 rings (SSSR count). The highest BCUT2D eigenvalue weighted by molar-refractivity contribution is 5.33. The molecule has 25 heavy (non-hydrogen) atoms. The molecule has 1 saturated heterocycles. The first-order valence-corrected chi connectivity index (χ1v) is 8.88. The van der Waals surface area contributed by atoms with Gasteiger partial charge in [0, 0.05) is 18.0 Å². The van der Waals surface area contributed by atoms with E-state index in [9.17, 15) is 5.11 Å². The molecule has 2 aromatic rings. The summed E-state index contributed by atoms with van der Waals surface area (Å²) < 4.78 is 10.5. The molecule has 0 aromatic heterocycles. The fourth-order valence-corrected chi connectivity index (χ4v) is 3.78. The summed E-state index contributed by atoms with van der Waals surface area (Å²) in [6.07, 6.45) is 1.32. The molecule has 4 atom stereocenters. The van der Waals surface area contributed by atoms with Crippen LogP contribution in [-0.4, -0.2) is 25.4 Å². The van der Waals surface area contributed by atoms with Crippen LogP contribution in [0.2, 0.25) is 0 Å². The zero-order valence-corrected chi connectivity index (χ0v) is 15.1. The number of benzene rings is 2. The van der Waals surface area contributed by atoms with E-state index in [1.165, 1.54) is 11.1 Å². The van der Waals surface area contributed by atoms with Gasteiger partial charge in [-0.15, -0.1) is 0 Å². The van der Waals surface area contributed by atoms with Crippen LogP contribution >= 0.6 is 0 Å². The standard InChI is InChI=1S/C21H27NO3/c1-4-18-20(23)13-19(14-5-9-16(24-2)10-6-14)22-21(18)15-7-11-17(25-3)12-8-15/h5-12,18-23H,4,13H2,1-3H3/t18-,19-,20-,21-/m1/s1. The number of piperidine rings is 1. The first-order chi connectivity index (χ1) is 12.2. The van der Waals surface area contributed by atoms with E-state index in [1.807, 2.05) is 24.3 Å². The predicted molar refractivity (Wildman–Crippen MR) is 99.0 cm³/mol. The van der Waals surface area contributed by atoms with Crippen molar-refractivity contribution in [3.8, 4) is 11.5 Å². The van der Waals surface area contributed by atoms with Crippen molar-refractivity contribution in [2.45, 2.75) is 38.0 Å². The van der Waals surface area contributed by atoms with E-state index in [0.29, 0.717) is 0 Å². The van der Waals surface area contributed by atoms with Crippen molar-refractivity contribution in [1.29, 1.82) is 0 Å². The lowest BCUT2D eigenvalue weighted by atomic mass is 9.78. The summed E-state index contributed by atoms with van der Waals surface area (Å²) in [4.78, 5) is 0. The van der Waals surface area contributed by atoms with Crippen molar-refractivity contribution in [3.63, 3.8) is 0 Å². The third-order valence-corrected chi connectivity index (χ3v) is 5.24. The minimum Gasteiger partial charge on any atom is -0.497 e. The van der Waals surface area contributed by atoms with E-state index < -0.39 is 0 Å². The van der Waals surface area contributed by atoms with Crippen molar-refractivity contribution >= 4 is 0 Å². The minimum absolute atomic E-state index is 0.117. The number of rotatable bonds is 5. The van der Waals surface area contributed by atoms with Gasteiger partial charge < -0.3 is 19.9 Å². The third kappa shape index (κ3) is 3.80. The molecule has 1 heterocycles. The Balaban J connectivity index is 1.85. The molecule has 1 aliphatic heterocycles. The van der Waals surface area contributed by atoms with Gasteiger partial charge in [0.2, 0.25) is 0 Å². The summed E-state index contributed by atoms with van der Waals surface area (Å²) in [5.74, 6) is 1.89. The second-order valence-electron chi connectivity index (χ2n) is 6.62. The second kappa shape index (κ2) is 7.89. The number of hydrogen-bond donors (Lipinski definition) is 2. The molecule has 0 unspecified atom stereocenters. The molecule has 4 nitrogen and oxygen atoms in total. The van der Waals surface area contributed by atoms with Gasteiger partial charge in [-0.3, -0.25) is 0 Å². The summed E-state index contributed by atoms with van der Waals surface area (Å²) in [6.45, 7) is 2.14. The van der Waals surface area contributed by atoms with Crippen LogP contribution in [-0.2, 0) is 0 Å². The summed E-state index contributed by atoms with van der Waals surface area (Å²) in [5.41, 5.74) is 2.36. The Morgan fingerprint density at radius 3 is 1.92 bits per heavy atom. The molecule has 134 valence electrons. The Bertz CT molecular complexity index is 669. The van der Waals surface area contributed by atoms with Gasteiger partial charge >= 0.3 is 0 Å². The molecule has 2 N–H and O–H groups in total. The predicted octanol–water partition coefficient (Wildman–Crippen LogP) is 3.87. The molecule has 4 heteroatoms. The summed E-state index contributed by atoms with van der Waals surface area (Å²) >= 11 is 0. The van der Waals surface area contributed by atoms with Crippen molar-refractivity contribution in [2.75, 3.05) is 14.2 Å². The van der Waals surface area contributed by atoms with Gasteiger partial charge in [-0.1, -0.05) is 31.2 Å². The summed E-state index contributed by atoms with van der Waals surface area (Å²) in [7, 11) is 3.34. The van der Waals surface area contributed by atoms with E-state index in [1.54, 1.807) is 14.2 Å². The topological polar surface area (TPSA) is 50.7 Å². The second-order valence-corrected chi connectivity index (χ2v) is 6.62. The smallest absolute Gasteiger partial charge is 0.118 e. The number of hydrogen-bond acceptors (Lipinski definition) is 4. The van der Waals surface area contributed by atoms with Gasteiger partial charge in [-0.05, 0) is 48.2 Å². The molecule has 0 spiro atoms. The first-order valence-electron chi connectivity index (χ1n) is 8.88. The SMILES string of the molecule is CC[C@@H]1[C@H](O)C[C@H](c2ccc(OC)cc2)N[C@@H]1c1ccc(OC)cc1. The summed E-state index contributed by atoms with van der Waals surface area (Å²) in [6, 6.07) is 16.4. The lowest BCUT2D eigenvalue weighted by molar-refractivity contribution is 0.0290. The monoisotopic (exact) mass is 341 g/mol. The van der Waals surface area contributed by atoms with Crippen LogP contribution in [0, 0.1) is 5.92 Å². The highest BCUT2D eigenvalue weighted by atomic mass is 16.5. The molecule has 0 saturated carbocycles. The molecule has 1 aliphatic rings. The van der Waals surface area contributed by atoms with Crippen LogP contribution in [0.15, 0.2) is 48.5 Å². The zero-order valence-electron chi connectivity index (χ0n) is 15.1. The lowest BCUT2D eigenvalue weighted by Crippen LogP contribution is -2.44. The van der Waals surface area contributed by atoms with E-state index >= 15 is 0 Å². The van der Waals surface area contributed by atoms with E-state index in [-0.39, 0.29) is 24.1 Å². The van der Waals surface area contributed by atoms with Crippen molar-refractivity contribution < 1.29 is 14.6 Å². The van der Waals surface area contributed by atoms with E-state index in [4.69, 9.17) is 9.47 Å². The average Bonchev–Trinajstić information content (AvgIpc) is 2.67. The first kappa shape index (κ1) is 17.8. The number of nitrogens with one attached hydrogen (secondary N) is 1. The Hall–Kier alpha value is -2.04. The van der Waals surface area contributed by atoms with Gasteiger partial charge in [0.1, 0.15) is 11.5 Å². The van der Waals surface area contributed by atoms with Crippen molar-refractivity contribution in [2.24, 2.45) is 5.92 Å². The van der Waals surface area contributed by atoms with E-state index in [0.717, 1.165) is 24.3 Å². The number of aliphatic hydroxyl groups excluding tert-OH is 1. The Kier molecular flexibility index (Phi) is 5.61. The fourth-order valence-electron chi connectivity index (χ4n) is 3.78. The normalized spacial score (nSPS) is 26.2.